The van der Waals surface area contributed by atoms with E-state index in [1.807, 2.05) is 18.2 Å². The van der Waals surface area contributed by atoms with E-state index >= 15 is 0 Å². The summed E-state index contributed by atoms with van der Waals surface area (Å²) in [6, 6.07) is 14.1. The Morgan fingerprint density at radius 2 is 1.90 bits per heavy atom. The fourth-order valence-corrected chi connectivity index (χ4v) is 3.34. The number of pyridine rings is 1. The van der Waals surface area contributed by atoms with Gasteiger partial charge in [0.15, 0.2) is 5.82 Å². The van der Waals surface area contributed by atoms with Crippen LogP contribution in [0, 0.1) is 0 Å². The van der Waals surface area contributed by atoms with Gasteiger partial charge in [-0.2, -0.15) is 5.10 Å². The van der Waals surface area contributed by atoms with Crippen molar-refractivity contribution >= 4 is 29.2 Å². The normalized spacial score (nSPS) is 13.3. The van der Waals surface area contributed by atoms with Crippen molar-refractivity contribution in [1.82, 2.24) is 20.1 Å². The van der Waals surface area contributed by atoms with Gasteiger partial charge in [-0.3, -0.25) is 24.0 Å². The number of nitrogens with zero attached hydrogens (tertiary/aromatic N) is 4. The average Bonchev–Trinajstić information content (AvgIpc) is 3.41. The van der Waals surface area contributed by atoms with Crippen LogP contribution in [0.5, 0.6) is 0 Å². The van der Waals surface area contributed by atoms with Crippen molar-refractivity contribution in [3.63, 3.8) is 0 Å². The van der Waals surface area contributed by atoms with Crippen LogP contribution in [0.2, 0.25) is 0 Å². The van der Waals surface area contributed by atoms with Gasteiger partial charge in [0.1, 0.15) is 0 Å². The molecule has 31 heavy (non-hydrogen) atoms. The van der Waals surface area contributed by atoms with E-state index in [4.69, 9.17) is 0 Å². The van der Waals surface area contributed by atoms with E-state index in [1.54, 1.807) is 52.3 Å². The molecule has 158 valence electrons. The number of amides is 3. The molecule has 0 bridgehead atoms. The predicted molar refractivity (Wildman–Crippen MR) is 115 cm³/mol. The Balaban J connectivity index is 1.26. The molecule has 0 radical (unpaired) electrons. The van der Waals surface area contributed by atoms with Gasteiger partial charge in [0, 0.05) is 42.7 Å². The molecule has 9 nitrogen and oxygen atoms in total. The third kappa shape index (κ3) is 5.13. The maximum atomic E-state index is 12.3. The summed E-state index contributed by atoms with van der Waals surface area (Å²) >= 11 is 0. The summed E-state index contributed by atoms with van der Waals surface area (Å²) in [6.07, 6.45) is 4.86. The fourth-order valence-electron chi connectivity index (χ4n) is 3.34. The molecule has 1 aliphatic rings. The largest absolute Gasteiger partial charge is 0.343 e. The molecule has 0 aliphatic carbocycles. The van der Waals surface area contributed by atoms with Crippen molar-refractivity contribution in [2.75, 3.05) is 23.3 Å². The number of carbonyl (C=O) groups is 3. The summed E-state index contributed by atoms with van der Waals surface area (Å²) in [4.78, 5) is 42.2. The van der Waals surface area contributed by atoms with Gasteiger partial charge < -0.3 is 15.5 Å². The van der Waals surface area contributed by atoms with Crippen LogP contribution < -0.4 is 15.5 Å². The summed E-state index contributed by atoms with van der Waals surface area (Å²) in [7, 11) is 0. The van der Waals surface area contributed by atoms with Crippen LogP contribution in [0.3, 0.4) is 0 Å². The molecule has 1 saturated heterocycles. The number of rotatable bonds is 7. The molecule has 0 atom stereocenters. The van der Waals surface area contributed by atoms with Gasteiger partial charge in [-0.05, 0) is 42.8 Å². The molecule has 1 fully saturated rings. The monoisotopic (exact) mass is 418 g/mol. The number of carbonyl (C=O) groups excluding carboxylic acids is 3. The van der Waals surface area contributed by atoms with Crippen LogP contribution in [-0.2, 0) is 16.1 Å². The van der Waals surface area contributed by atoms with Crippen molar-refractivity contribution in [3.05, 3.63) is 72.2 Å². The zero-order valence-electron chi connectivity index (χ0n) is 16.8. The van der Waals surface area contributed by atoms with Gasteiger partial charge in [0.25, 0.3) is 5.91 Å². The van der Waals surface area contributed by atoms with Crippen molar-refractivity contribution in [2.45, 2.75) is 19.4 Å². The first-order valence-corrected chi connectivity index (χ1v) is 10.0. The first-order valence-electron chi connectivity index (χ1n) is 10.0. The van der Waals surface area contributed by atoms with Crippen LogP contribution in [-0.4, -0.2) is 45.6 Å². The molecule has 2 aromatic heterocycles. The van der Waals surface area contributed by atoms with Gasteiger partial charge in [-0.25, -0.2) is 0 Å². The highest BCUT2D eigenvalue weighted by Crippen LogP contribution is 2.21. The first kappa shape index (κ1) is 20.3. The second kappa shape index (κ2) is 9.21. The fraction of sp³-hybridized carbons (Fsp3) is 0.227. The Kier molecular flexibility index (Phi) is 6.02. The highest BCUT2D eigenvalue weighted by molar-refractivity contribution is 6.00. The van der Waals surface area contributed by atoms with Gasteiger partial charge in [-0.1, -0.05) is 6.07 Å². The maximum absolute atomic E-state index is 12.3. The quantitative estimate of drug-likeness (QED) is 0.608. The van der Waals surface area contributed by atoms with Crippen molar-refractivity contribution in [1.29, 1.82) is 0 Å². The molecule has 0 saturated carbocycles. The zero-order valence-corrected chi connectivity index (χ0v) is 16.8. The maximum Gasteiger partial charge on any atom is 0.251 e. The Morgan fingerprint density at radius 3 is 2.61 bits per heavy atom. The van der Waals surface area contributed by atoms with Crippen LogP contribution in [0.25, 0.3) is 0 Å². The average molecular weight is 418 g/mol. The lowest BCUT2D eigenvalue weighted by molar-refractivity contribution is -0.117. The van der Waals surface area contributed by atoms with E-state index in [-0.39, 0.29) is 24.3 Å². The summed E-state index contributed by atoms with van der Waals surface area (Å²) in [5.41, 5.74) is 2.05. The third-order valence-corrected chi connectivity index (χ3v) is 4.88. The Labute approximate surface area is 179 Å². The summed E-state index contributed by atoms with van der Waals surface area (Å²) in [6.45, 7) is 1.01. The summed E-state index contributed by atoms with van der Waals surface area (Å²) < 4.78 is 1.67. The molecule has 1 aromatic carbocycles. The van der Waals surface area contributed by atoms with E-state index in [1.165, 1.54) is 0 Å². The SMILES string of the molecule is O=C(CNC(=O)c1ccc(N2CCCC2=O)cc1)Nc1ccn(Cc2ccccn2)n1. The molecule has 9 heteroatoms. The van der Waals surface area contributed by atoms with Gasteiger partial charge in [0.05, 0.1) is 18.8 Å². The lowest BCUT2D eigenvalue weighted by Crippen LogP contribution is -2.33. The molecule has 0 spiro atoms. The highest BCUT2D eigenvalue weighted by Gasteiger charge is 2.21. The molecule has 1 aliphatic heterocycles. The van der Waals surface area contributed by atoms with Crippen LogP contribution >= 0.6 is 0 Å². The number of hydrogen-bond acceptors (Lipinski definition) is 5. The number of nitrogens with one attached hydrogen (secondary N) is 2. The minimum Gasteiger partial charge on any atom is -0.343 e. The zero-order chi connectivity index (χ0) is 21.6. The van der Waals surface area contributed by atoms with Crippen LogP contribution in [0.1, 0.15) is 28.9 Å². The summed E-state index contributed by atoms with van der Waals surface area (Å²) in [5.74, 6) is -0.253. The van der Waals surface area contributed by atoms with Crippen LogP contribution in [0.4, 0.5) is 11.5 Å². The molecule has 4 rings (SSSR count). The highest BCUT2D eigenvalue weighted by atomic mass is 16.2. The van der Waals surface area contributed by atoms with Crippen molar-refractivity contribution < 1.29 is 14.4 Å². The molecule has 2 N–H and O–H groups in total. The lowest BCUT2D eigenvalue weighted by atomic mass is 10.2. The molecule has 3 aromatic rings. The summed E-state index contributed by atoms with van der Waals surface area (Å²) in [5, 5.41) is 9.53. The van der Waals surface area contributed by atoms with Crippen LogP contribution in [0.15, 0.2) is 60.9 Å². The molecule has 3 heterocycles. The van der Waals surface area contributed by atoms with E-state index in [0.717, 1.165) is 17.8 Å². The van der Waals surface area contributed by atoms with E-state index < -0.39 is 0 Å². The molecular weight excluding hydrogens is 396 g/mol. The minimum atomic E-state index is -0.379. The molecule has 3 amide bonds. The predicted octanol–water partition coefficient (Wildman–Crippen LogP) is 1.82. The van der Waals surface area contributed by atoms with Gasteiger partial charge >= 0.3 is 0 Å². The molecular formula is C22H22N6O3. The molecule has 0 unspecified atom stereocenters. The standard InChI is InChI=1S/C22H22N6O3/c29-20(25-19-10-13-27(26-19)15-17-4-1-2-11-23-17)14-24-22(31)16-6-8-18(9-7-16)28-12-3-5-21(28)30/h1-2,4,6-11,13H,3,5,12,14-15H2,(H,24,31)(H,25,26,29). The first-order chi connectivity index (χ1) is 15.1. The van der Waals surface area contributed by atoms with Gasteiger partial charge in [-0.15, -0.1) is 0 Å². The Morgan fingerprint density at radius 1 is 1.06 bits per heavy atom. The van der Waals surface area contributed by atoms with Gasteiger partial charge in [0.2, 0.25) is 11.8 Å². The number of aromatic nitrogens is 3. The van der Waals surface area contributed by atoms with E-state index in [2.05, 4.69) is 20.7 Å². The second-order valence-electron chi connectivity index (χ2n) is 7.15. The van der Waals surface area contributed by atoms with Crippen molar-refractivity contribution in [3.8, 4) is 0 Å². The lowest BCUT2D eigenvalue weighted by Gasteiger charge is -2.15. The van der Waals surface area contributed by atoms with Crippen molar-refractivity contribution in [2.24, 2.45) is 0 Å². The Hall–Kier alpha value is -4.01. The number of anilines is 2. The third-order valence-electron chi connectivity index (χ3n) is 4.88. The Bertz CT molecular complexity index is 1080. The number of benzene rings is 1. The smallest absolute Gasteiger partial charge is 0.251 e. The second-order valence-corrected chi connectivity index (χ2v) is 7.15. The number of hydrogen-bond donors (Lipinski definition) is 2. The topological polar surface area (TPSA) is 109 Å². The van der Waals surface area contributed by atoms with E-state index in [0.29, 0.717) is 30.9 Å². The van der Waals surface area contributed by atoms with E-state index in [9.17, 15) is 14.4 Å². The minimum absolute atomic E-state index is 0.0938.